The second-order valence-electron chi connectivity index (χ2n) is 8.48. The van der Waals surface area contributed by atoms with Gasteiger partial charge in [-0.05, 0) is 67.3 Å². The van der Waals surface area contributed by atoms with Gasteiger partial charge in [0.15, 0.2) is 0 Å². The second-order valence-corrected chi connectivity index (χ2v) is 10.8. The van der Waals surface area contributed by atoms with Crippen LogP contribution in [0.1, 0.15) is 42.5 Å². The molecule has 1 aromatic heterocycles. The van der Waals surface area contributed by atoms with Gasteiger partial charge in [-0.1, -0.05) is 11.6 Å². The normalized spacial score (nSPS) is 17.6. The Morgan fingerprint density at radius 1 is 1.09 bits per heavy atom. The molecule has 0 saturated heterocycles. The van der Waals surface area contributed by atoms with Crippen LogP contribution < -0.4 is 10.3 Å². The third kappa shape index (κ3) is 3.98. The number of sulfonamides is 1. The van der Waals surface area contributed by atoms with Crippen LogP contribution in [0.15, 0.2) is 58.4 Å². The number of anilines is 1. The summed E-state index contributed by atoms with van der Waals surface area (Å²) in [7, 11) is -1.87. The molecule has 1 aliphatic carbocycles. The van der Waals surface area contributed by atoms with E-state index >= 15 is 0 Å². The number of aliphatic imine (C=N–C) groups is 1. The van der Waals surface area contributed by atoms with Gasteiger partial charge in [-0.25, -0.2) is 12.8 Å². The molecule has 0 spiro atoms. The molecule has 2 aromatic carbocycles. The smallest absolute Gasteiger partial charge is 0.250 e. The summed E-state index contributed by atoms with van der Waals surface area (Å²) in [5.41, 5.74) is 4.20. The first kappa shape index (κ1) is 21.9. The molecule has 1 aliphatic heterocycles. The van der Waals surface area contributed by atoms with Crippen LogP contribution >= 0.6 is 11.6 Å². The molecule has 6 nitrogen and oxygen atoms in total. The van der Waals surface area contributed by atoms with Crippen LogP contribution in [0.4, 0.5) is 10.1 Å². The molecule has 3 aromatic rings. The molecule has 1 unspecified atom stereocenters. The Hall–Kier alpha value is -2.97. The summed E-state index contributed by atoms with van der Waals surface area (Å²) >= 11 is 6.55. The molecule has 0 amide bonds. The predicted octanol–water partition coefficient (Wildman–Crippen LogP) is 4.66. The fourth-order valence-corrected chi connectivity index (χ4v) is 5.74. The quantitative estimate of drug-likeness (QED) is 0.583. The van der Waals surface area contributed by atoms with Crippen molar-refractivity contribution in [1.82, 2.24) is 4.57 Å². The van der Waals surface area contributed by atoms with E-state index in [9.17, 15) is 17.6 Å². The highest BCUT2D eigenvalue weighted by molar-refractivity contribution is 7.93. The van der Waals surface area contributed by atoms with Gasteiger partial charge in [-0.2, -0.15) is 0 Å². The van der Waals surface area contributed by atoms with Crippen molar-refractivity contribution in [2.45, 2.75) is 31.1 Å². The highest BCUT2D eigenvalue weighted by atomic mass is 35.5. The molecule has 1 N–H and O–H groups in total. The molecule has 1 saturated carbocycles. The summed E-state index contributed by atoms with van der Waals surface area (Å²) in [5.74, 6) is -0.365. The Labute approximate surface area is 195 Å². The molecule has 2 heterocycles. The maximum absolute atomic E-state index is 13.6. The van der Waals surface area contributed by atoms with E-state index < -0.39 is 15.3 Å². The van der Waals surface area contributed by atoms with Crippen LogP contribution in [0.25, 0.3) is 11.1 Å². The minimum atomic E-state index is -3.53. The van der Waals surface area contributed by atoms with Gasteiger partial charge >= 0.3 is 0 Å². The van der Waals surface area contributed by atoms with Crippen molar-refractivity contribution in [3.8, 4) is 11.1 Å². The van der Waals surface area contributed by atoms with E-state index in [1.54, 1.807) is 43.6 Å². The SMILES string of the molecule is CC1N=C(c2ccc(F)cc2)c2cc(Cl)c(NS(=O)(=O)C3CC3)cc2-c2cn(C)c(=O)cc21. The number of hydrogen-bond donors (Lipinski definition) is 1. The molecule has 9 heteroatoms. The van der Waals surface area contributed by atoms with Gasteiger partial charge in [0, 0.05) is 36.0 Å². The highest BCUT2D eigenvalue weighted by Crippen LogP contribution is 2.41. The van der Waals surface area contributed by atoms with E-state index in [4.69, 9.17) is 16.6 Å². The molecule has 33 heavy (non-hydrogen) atoms. The molecule has 5 rings (SSSR count). The standard InChI is InChI=1S/C24H21ClFN3O3S/c1-13-17-11-23(30)29(2)12-20(17)18-10-22(28-33(31,32)16-7-8-16)21(25)9-19(18)24(27-13)14-3-5-15(26)6-4-14/h3-6,9-13,16,28H,7-8H2,1-2H3. The van der Waals surface area contributed by atoms with Crippen molar-refractivity contribution in [3.63, 3.8) is 0 Å². The lowest BCUT2D eigenvalue weighted by molar-refractivity contribution is 0.600. The number of fused-ring (bicyclic) bond motifs is 3. The van der Waals surface area contributed by atoms with Crippen molar-refractivity contribution in [3.05, 3.63) is 86.5 Å². The maximum Gasteiger partial charge on any atom is 0.250 e. The predicted molar refractivity (Wildman–Crippen MR) is 128 cm³/mol. The lowest BCUT2D eigenvalue weighted by atomic mass is 9.92. The third-order valence-electron chi connectivity index (χ3n) is 6.02. The van der Waals surface area contributed by atoms with Gasteiger partial charge < -0.3 is 4.57 Å². The zero-order valence-corrected chi connectivity index (χ0v) is 19.5. The number of aryl methyl sites for hydroxylation is 1. The van der Waals surface area contributed by atoms with E-state index in [-0.39, 0.29) is 28.1 Å². The first-order valence-corrected chi connectivity index (χ1v) is 12.5. The third-order valence-corrected chi connectivity index (χ3v) is 8.18. The average Bonchev–Trinajstić information content (AvgIpc) is 3.62. The number of nitrogens with zero attached hydrogens (tertiary/aromatic N) is 2. The fraction of sp³-hybridized carbons (Fsp3) is 0.250. The van der Waals surface area contributed by atoms with Crippen molar-refractivity contribution in [2.24, 2.45) is 12.0 Å². The molecule has 2 aliphatic rings. The molecule has 170 valence electrons. The summed E-state index contributed by atoms with van der Waals surface area (Å²) in [6, 6.07) is 10.5. The zero-order chi connectivity index (χ0) is 23.5. The van der Waals surface area contributed by atoms with E-state index in [0.29, 0.717) is 35.2 Å². The average molecular weight is 486 g/mol. The summed E-state index contributed by atoms with van der Waals surface area (Å²) in [6.07, 6.45) is 2.98. The second kappa shape index (κ2) is 7.81. The van der Waals surface area contributed by atoms with Crippen LogP contribution in [0, 0.1) is 5.82 Å². The number of benzene rings is 2. The first-order chi connectivity index (χ1) is 15.6. The zero-order valence-electron chi connectivity index (χ0n) is 18.0. The van der Waals surface area contributed by atoms with Crippen molar-refractivity contribution < 1.29 is 12.8 Å². The highest BCUT2D eigenvalue weighted by Gasteiger charge is 2.36. The summed E-state index contributed by atoms with van der Waals surface area (Å²) < 4.78 is 42.9. The Bertz CT molecular complexity index is 1480. The largest absolute Gasteiger partial charge is 0.318 e. The van der Waals surface area contributed by atoms with E-state index in [0.717, 1.165) is 11.1 Å². The van der Waals surface area contributed by atoms with Crippen LogP contribution in [-0.2, 0) is 17.1 Å². The van der Waals surface area contributed by atoms with Gasteiger partial charge in [0.05, 0.1) is 27.7 Å². The van der Waals surface area contributed by atoms with Crippen LogP contribution in [-0.4, -0.2) is 23.9 Å². The minimum absolute atomic E-state index is 0.175. The molecular formula is C24H21ClFN3O3S. The lowest BCUT2D eigenvalue weighted by Crippen LogP contribution is -2.18. The van der Waals surface area contributed by atoms with Crippen molar-refractivity contribution in [2.75, 3.05) is 4.72 Å². The number of aromatic nitrogens is 1. The Morgan fingerprint density at radius 3 is 2.45 bits per heavy atom. The molecular weight excluding hydrogens is 465 g/mol. The van der Waals surface area contributed by atoms with Crippen LogP contribution in [0.3, 0.4) is 0 Å². The van der Waals surface area contributed by atoms with Gasteiger partial charge in [0.2, 0.25) is 10.0 Å². The first-order valence-electron chi connectivity index (χ1n) is 10.5. The lowest BCUT2D eigenvalue weighted by Gasteiger charge is -2.17. The minimum Gasteiger partial charge on any atom is -0.318 e. The van der Waals surface area contributed by atoms with Crippen LogP contribution in [0.5, 0.6) is 0 Å². The molecule has 0 bridgehead atoms. The number of rotatable bonds is 4. The summed E-state index contributed by atoms with van der Waals surface area (Å²) in [5, 5.41) is -0.175. The molecule has 1 fully saturated rings. The number of nitrogens with one attached hydrogen (secondary N) is 1. The topological polar surface area (TPSA) is 80.5 Å². The van der Waals surface area contributed by atoms with Gasteiger partial charge in [0.25, 0.3) is 5.56 Å². The van der Waals surface area contributed by atoms with Gasteiger partial charge in [0.1, 0.15) is 5.82 Å². The number of pyridine rings is 1. The van der Waals surface area contributed by atoms with E-state index in [2.05, 4.69) is 4.72 Å². The Balaban J connectivity index is 1.77. The number of halogens is 2. The Kier molecular flexibility index (Phi) is 5.17. The van der Waals surface area contributed by atoms with E-state index in [1.165, 1.54) is 16.7 Å². The van der Waals surface area contributed by atoms with Crippen molar-refractivity contribution >= 4 is 33.0 Å². The van der Waals surface area contributed by atoms with Crippen LogP contribution in [0.2, 0.25) is 5.02 Å². The maximum atomic E-state index is 13.6. The van der Waals surface area contributed by atoms with E-state index in [1.807, 2.05) is 6.92 Å². The van der Waals surface area contributed by atoms with Gasteiger partial charge in [-0.15, -0.1) is 0 Å². The number of hydrogen-bond acceptors (Lipinski definition) is 4. The van der Waals surface area contributed by atoms with Gasteiger partial charge in [-0.3, -0.25) is 14.5 Å². The summed E-state index contributed by atoms with van der Waals surface area (Å²) in [6.45, 7) is 1.88. The summed E-state index contributed by atoms with van der Waals surface area (Å²) in [4.78, 5) is 17.3. The fourth-order valence-electron chi connectivity index (χ4n) is 4.07. The van der Waals surface area contributed by atoms with Crippen molar-refractivity contribution in [1.29, 1.82) is 0 Å². The molecule has 1 atom stereocenters. The Morgan fingerprint density at radius 2 is 1.79 bits per heavy atom. The molecule has 0 radical (unpaired) electrons. The monoisotopic (exact) mass is 485 g/mol.